The van der Waals surface area contributed by atoms with Crippen LogP contribution in [0.15, 0.2) is 158 Å². The summed E-state index contributed by atoms with van der Waals surface area (Å²) in [6, 6.07) is 52.9. The third-order valence-corrected chi connectivity index (χ3v) is 9.47. The largest absolute Gasteiger partial charge is 0.244 e. The molecule has 49 heavy (non-hydrogen) atoms. The van der Waals surface area contributed by atoms with Gasteiger partial charge in [0.25, 0.3) is 0 Å². The molecule has 0 aliphatic rings. The highest BCUT2D eigenvalue weighted by Gasteiger charge is 2.16. The Bertz CT molecular complexity index is 2490. The van der Waals surface area contributed by atoms with Crippen LogP contribution in [0.2, 0.25) is 0 Å². The van der Waals surface area contributed by atoms with Crippen molar-refractivity contribution >= 4 is 32.6 Å². The fraction of sp³-hybridized carbons (Fsp3) is 0. The second-order valence-corrected chi connectivity index (χ2v) is 12.6. The summed E-state index contributed by atoms with van der Waals surface area (Å²) in [5.74, 6) is 1.87. The van der Waals surface area contributed by atoms with Crippen molar-refractivity contribution in [3.8, 4) is 67.2 Å². The maximum atomic E-state index is 5.13. The minimum atomic E-state index is 0.606. The molecule has 0 saturated heterocycles. The van der Waals surface area contributed by atoms with Gasteiger partial charge in [-0.2, -0.15) is 0 Å². The fourth-order valence-electron chi connectivity index (χ4n) is 5.88. The van der Waals surface area contributed by atoms with Gasteiger partial charge in [-0.1, -0.05) is 133 Å². The van der Waals surface area contributed by atoms with Crippen LogP contribution in [-0.2, 0) is 0 Å². The minimum absolute atomic E-state index is 0.606. The molecule has 0 saturated carbocycles. The average Bonchev–Trinajstić information content (AvgIpc) is 3.63. The highest BCUT2D eigenvalue weighted by molar-refractivity contribution is 7.21. The summed E-state index contributed by atoms with van der Waals surface area (Å²) in [4.78, 5) is 29.7. The maximum Gasteiger partial charge on any atom is 0.164 e. The van der Waals surface area contributed by atoms with Crippen LogP contribution in [0.5, 0.6) is 0 Å². The van der Waals surface area contributed by atoms with Gasteiger partial charge in [-0.05, 0) is 24.3 Å². The Kier molecular flexibility index (Phi) is 7.22. The van der Waals surface area contributed by atoms with Crippen molar-refractivity contribution in [1.82, 2.24) is 29.9 Å². The Labute approximate surface area is 286 Å². The van der Waals surface area contributed by atoms with Crippen molar-refractivity contribution in [2.75, 3.05) is 0 Å². The second kappa shape index (κ2) is 12.3. The zero-order valence-electron chi connectivity index (χ0n) is 26.1. The molecule has 6 nitrogen and oxygen atoms in total. The van der Waals surface area contributed by atoms with Crippen LogP contribution in [-0.4, -0.2) is 29.9 Å². The third kappa shape index (κ3) is 5.62. The Morgan fingerprint density at radius 1 is 0.286 bits per heavy atom. The molecule has 0 fully saturated rings. The molecule has 230 valence electrons. The highest BCUT2D eigenvalue weighted by Crippen LogP contribution is 2.35. The van der Waals surface area contributed by atoms with E-state index in [4.69, 9.17) is 29.9 Å². The molecule has 6 aromatic carbocycles. The number of thiazole rings is 1. The predicted octanol–water partition coefficient (Wildman–Crippen LogP) is 10.4. The zero-order chi connectivity index (χ0) is 32.6. The van der Waals surface area contributed by atoms with E-state index in [0.717, 1.165) is 66.3 Å². The van der Waals surface area contributed by atoms with Crippen molar-refractivity contribution in [1.29, 1.82) is 0 Å². The summed E-state index contributed by atoms with van der Waals surface area (Å²) in [6.07, 6.45) is 0. The van der Waals surface area contributed by atoms with E-state index in [1.54, 1.807) is 11.3 Å². The molecular weight excluding hydrogens is 621 g/mol. The molecule has 0 spiro atoms. The molecule has 3 aromatic heterocycles. The molecule has 0 bridgehead atoms. The van der Waals surface area contributed by atoms with Gasteiger partial charge in [0.1, 0.15) is 5.01 Å². The number of aromatic nitrogens is 6. The Balaban J connectivity index is 1.11. The summed E-state index contributed by atoms with van der Waals surface area (Å²) in [5, 5.41) is 0.998. The van der Waals surface area contributed by atoms with Gasteiger partial charge in [0.2, 0.25) is 0 Å². The zero-order valence-corrected chi connectivity index (χ0v) is 26.9. The van der Waals surface area contributed by atoms with Gasteiger partial charge < -0.3 is 0 Å². The third-order valence-electron chi connectivity index (χ3n) is 8.39. The van der Waals surface area contributed by atoms with E-state index in [2.05, 4.69) is 48.5 Å². The van der Waals surface area contributed by atoms with Gasteiger partial charge in [-0.3, -0.25) is 0 Å². The van der Waals surface area contributed by atoms with Crippen LogP contribution >= 0.6 is 11.3 Å². The Hall–Kier alpha value is -6.44. The van der Waals surface area contributed by atoms with Crippen LogP contribution in [0.25, 0.3) is 88.5 Å². The van der Waals surface area contributed by atoms with Gasteiger partial charge in [-0.25, -0.2) is 29.9 Å². The van der Waals surface area contributed by atoms with E-state index in [1.807, 2.05) is 109 Å². The summed E-state index contributed by atoms with van der Waals surface area (Å²) >= 11 is 1.70. The van der Waals surface area contributed by atoms with Crippen LogP contribution in [0, 0.1) is 0 Å². The topological polar surface area (TPSA) is 77.3 Å². The Morgan fingerprint density at radius 3 is 1.16 bits per heavy atom. The standard InChI is InChI=1S/C42H26N6S/c1-3-11-29(12-4-1)39-46-40(30-13-5-2-6-14-30)48-41(47-39)31-23-19-27(20-24-31)37-38(44-34-16-8-7-15-33(34)43-37)28-21-25-32(26-22-28)42-45-35-17-9-10-18-36(35)49-42/h1-26H. The molecule has 3 heterocycles. The smallest absolute Gasteiger partial charge is 0.164 e. The molecule has 0 radical (unpaired) electrons. The van der Waals surface area contributed by atoms with Crippen molar-refractivity contribution < 1.29 is 0 Å². The molecule has 9 rings (SSSR count). The molecule has 0 aliphatic heterocycles. The number of rotatable bonds is 6. The van der Waals surface area contributed by atoms with Gasteiger partial charge in [-0.15, -0.1) is 11.3 Å². The number of fused-ring (bicyclic) bond motifs is 2. The molecule has 7 heteroatoms. The number of nitrogens with zero attached hydrogens (tertiary/aromatic N) is 6. The van der Waals surface area contributed by atoms with Crippen LogP contribution in [0.4, 0.5) is 0 Å². The van der Waals surface area contributed by atoms with Crippen molar-refractivity contribution in [2.45, 2.75) is 0 Å². The van der Waals surface area contributed by atoms with E-state index < -0.39 is 0 Å². The minimum Gasteiger partial charge on any atom is -0.244 e. The van der Waals surface area contributed by atoms with Gasteiger partial charge in [0, 0.05) is 33.4 Å². The normalized spacial score (nSPS) is 11.3. The number of hydrogen-bond donors (Lipinski definition) is 0. The van der Waals surface area contributed by atoms with Crippen molar-refractivity contribution in [3.05, 3.63) is 158 Å². The second-order valence-electron chi connectivity index (χ2n) is 11.6. The lowest BCUT2D eigenvalue weighted by molar-refractivity contribution is 1.07. The summed E-state index contributed by atoms with van der Waals surface area (Å²) < 4.78 is 1.18. The molecule has 0 atom stereocenters. The molecule has 0 amide bonds. The molecule has 0 unspecified atom stereocenters. The first-order valence-electron chi connectivity index (χ1n) is 16.0. The molecule has 0 aliphatic carbocycles. The summed E-state index contributed by atoms with van der Waals surface area (Å²) in [7, 11) is 0. The average molecular weight is 647 g/mol. The summed E-state index contributed by atoms with van der Waals surface area (Å²) in [5.41, 5.74) is 10.1. The van der Waals surface area contributed by atoms with Crippen LogP contribution in [0.1, 0.15) is 0 Å². The van der Waals surface area contributed by atoms with E-state index in [1.165, 1.54) is 4.70 Å². The van der Waals surface area contributed by atoms with E-state index >= 15 is 0 Å². The molecular formula is C42H26N6S. The predicted molar refractivity (Wildman–Crippen MR) is 199 cm³/mol. The molecule has 0 N–H and O–H groups in total. The lowest BCUT2D eigenvalue weighted by Crippen LogP contribution is -2.00. The first kappa shape index (κ1) is 28.8. The maximum absolute atomic E-state index is 5.13. The number of para-hydroxylation sites is 3. The highest BCUT2D eigenvalue weighted by atomic mass is 32.1. The molecule has 9 aromatic rings. The van der Waals surface area contributed by atoms with E-state index in [9.17, 15) is 0 Å². The lowest BCUT2D eigenvalue weighted by Gasteiger charge is -2.12. The van der Waals surface area contributed by atoms with E-state index in [0.29, 0.717) is 17.5 Å². The quantitative estimate of drug-likeness (QED) is 0.179. The van der Waals surface area contributed by atoms with E-state index in [-0.39, 0.29) is 0 Å². The van der Waals surface area contributed by atoms with Gasteiger partial charge >= 0.3 is 0 Å². The van der Waals surface area contributed by atoms with Crippen molar-refractivity contribution in [3.63, 3.8) is 0 Å². The fourth-order valence-corrected chi connectivity index (χ4v) is 6.85. The lowest BCUT2D eigenvalue weighted by atomic mass is 10.0. The van der Waals surface area contributed by atoms with Crippen molar-refractivity contribution in [2.24, 2.45) is 0 Å². The van der Waals surface area contributed by atoms with Gasteiger partial charge in [0.05, 0.1) is 32.6 Å². The first-order valence-corrected chi connectivity index (χ1v) is 16.8. The SMILES string of the molecule is c1ccc(-c2nc(-c3ccccc3)nc(-c3ccc(-c4nc5ccccc5nc4-c4ccc(-c5nc6ccccc6s5)cc4)cc3)n2)cc1. The number of benzene rings is 6. The summed E-state index contributed by atoms with van der Waals surface area (Å²) in [6.45, 7) is 0. The Morgan fingerprint density at radius 2 is 0.673 bits per heavy atom. The van der Waals surface area contributed by atoms with Crippen LogP contribution in [0.3, 0.4) is 0 Å². The first-order chi connectivity index (χ1) is 24.2. The monoisotopic (exact) mass is 646 g/mol. The number of hydrogen-bond acceptors (Lipinski definition) is 7. The van der Waals surface area contributed by atoms with Gasteiger partial charge in [0.15, 0.2) is 17.5 Å². The van der Waals surface area contributed by atoms with Crippen LogP contribution < -0.4 is 0 Å².